The Hall–Kier alpha value is -3.17. The van der Waals surface area contributed by atoms with Gasteiger partial charge in [0, 0.05) is 23.2 Å². The van der Waals surface area contributed by atoms with Gasteiger partial charge >= 0.3 is 0 Å². The number of carbonyl (C=O) groups excluding carboxylic acids is 2. The summed E-state index contributed by atoms with van der Waals surface area (Å²) < 4.78 is 37.4. The van der Waals surface area contributed by atoms with Gasteiger partial charge in [0.2, 0.25) is 5.91 Å². The molecule has 0 aliphatic heterocycles. The van der Waals surface area contributed by atoms with Crippen LogP contribution in [0.4, 0.5) is 0 Å². The maximum absolute atomic E-state index is 13.3. The van der Waals surface area contributed by atoms with Crippen LogP contribution < -0.4 is 10.1 Å². The van der Waals surface area contributed by atoms with E-state index in [1.807, 2.05) is 19.1 Å². The van der Waals surface area contributed by atoms with Crippen LogP contribution in [0.1, 0.15) is 27.2 Å². The number of fused-ring (bicyclic) bond motifs is 1. The van der Waals surface area contributed by atoms with Gasteiger partial charge in [-0.3, -0.25) is 18.7 Å². The summed E-state index contributed by atoms with van der Waals surface area (Å²) in [4.78, 5) is 25.7. The van der Waals surface area contributed by atoms with Crippen molar-refractivity contribution in [2.24, 2.45) is 0 Å². The van der Waals surface area contributed by atoms with Crippen LogP contribution in [-0.2, 0) is 21.3 Å². The highest BCUT2D eigenvalue weighted by Gasteiger charge is 2.22. The number of nitrogens with zero attached hydrogens (tertiary/aromatic N) is 1. The number of nitrogens with one attached hydrogen (secondary N) is 1. The van der Waals surface area contributed by atoms with Crippen molar-refractivity contribution in [2.45, 2.75) is 20.3 Å². The Morgan fingerprint density at radius 2 is 1.77 bits per heavy atom. The van der Waals surface area contributed by atoms with Gasteiger partial charge in [-0.2, -0.15) is 8.42 Å². The summed E-state index contributed by atoms with van der Waals surface area (Å²) in [6, 6.07) is 12.5. The highest BCUT2D eigenvalue weighted by molar-refractivity contribution is 7.85. The fraction of sp³-hybridized carbons (Fsp3) is 0.273. The Morgan fingerprint density at radius 1 is 1.10 bits per heavy atom. The van der Waals surface area contributed by atoms with Gasteiger partial charge in [0.05, 0.1) is 24.8 Å². The van der Waals surface area contributed by atoms with E-state index in [1.165, 1.54) is 7.11 Å². The molecule has 0 saturated carbocycles. The van der Waals surface area contributed by atoms with E-state index in [0.717, 1.165) is 5.56 Å². The number of aryl methyl sites for hydroxylation is 1. The van der Waals surface area contributed by atoms with Crippen LogP contribution >= 0.6 is 0 Å². The lowest BCUT2D eigenvalue weighted by atomic mass is 10.1. The number of ether oxygens (including phenoxy) is 1. The minimum absolute atomic E-state index is 0.0604. The van der Waals surface area contributed by atoms with Crippen LogP contribution in [0.15, 0.2) is 42.5 Å². The van der Waals surface area contributed by atoms with Crippen molar-refractivity contribution in [1.82, 2.24) is 9.88 Å². The zero-order valence-corrected chi connectivity index (χ0v) is 18.3. The summed E-state index contributed by atoms with van der Waals surface area (Å²) in [6.07, 6.45) is -0.0604. The normalized spacial score (nSPS) is 11.5. The molecule has 3 rings (SSSR count). The van der Waals surface area contributed by atoms with Gasteiger partial charge in [-0.05, 0) is 49.7 Å². The van der Waals surface area contributed by atoms with Crippen molar-refractivity contribution in [3.63, 3.8) is 0 Å². The zero-order valence-electron chi connectivity index (χ0n) is 17.5. The molecule has 0 aliphatic rings. The summed E-state index contributed by atoms with van der Waals surface area (Å²) in [7, 11) is -2.63. The monoisotopic (exact) mass is 444 g/mol. The van der Waals surface area contributed by atoms with Crippen LogP contribution in [0, 0.1) is 13.8 Å². The molecule has 31 heavy (non-hydrogen) atoms. The molecule has 2 N–H and O–H groups in total. The predicted octanol–water partition coefficient (Wildman–Crippen LogP) is 2.50. The van der Waals surface area contributed by atoms with Crippen molar-refractivity contribution >= 4 is 32.8 Å². The second-order valence-corrected chi connectivity index (χ2v) is 8.84. The molecule has 1 amide bonds. The molecule has 1 aromatic heterocycles. The van der Waals surface area contributed by atoms with Gasteiger partial charge in [-0.1, -0.05) is 17.7 Å². The average molecular weight is 445 g/mol. The number of rotatable bonds is 7. The number of hydrogen-bond donors (Lipinski definition) is 2. The third kappa shape index (κ3) is 5.12. The minimum Gasteiger partial charge on any atom is -0.497 e. The molecule has 0 spiro atoms. The number of aromatic nitrogens is 1. The van der Waals surface area contributed by atoms with Crippen molar-refractivity contribution in [2.75, 3.05) is 19.4 Å². The molecule has 8 nitrogen and oxygen atoms in total. The largest absolute Gasteiger partial charge is 0.497 e. The lowest BCUT2D eigenvalue weighted by molar-refractivity contribution is -0.120. The first-order valence-electron chi connectivity index (χ1n) is 9.62. The smallest absolute Gasteiger partial charge is 0.266 e. The van der Waals surface area contributed by atoms with Gasteiger partial charge in [0.1, 0.15) is 5.75 Å². The van der Waals surface area contributed by atoms with E-state index in [2.05, 4.69) is 5.32 Å². The highest BCUT2D eigenvalue weighted by atomic mass is 32.2. The summed E-state index contributed by atoms with van der Waals surface area (Å²) in [6.45, 7) is 3.50. The molecule has 164 valence electrons. The first kappa shape index (κ1) is 22.5. The number of methoxy groups -OCH3 is 1. The third-order valence-electron chi connectivity index (χ3n) is 5.06. The van der Waals surface area contributed by atoms with Gasteiger partial charge in [0.15, 0.2) is 0 Å². The summed E-state index contributed by atoms with van der Waals surface area (Å²) >= 11 is 0. The molecule has 9 heteroatoms. The fourth-order valence-electron chi connectivity index (χ4n) is 3.44. The molecule has 0 aliphatic carbocycles. The Bertz CT molecular complexity index is 1240. The maximum Gasteiger partial charge on any atom is 0.266 e. The first-order chi connectivity index (χ1) is 14.6. The summed E-state index contributed by atoms with van der Waals surface area (Å²) in [5.74, 6) is -0.623. The van der Waals surface area contributed by atoms with E-state index in [0.29, 0.717) is 33.5 Å². The van der Waals surface area contributed by atoms with Crippen molar-refractivity contribution in [3.05, 3.63) is 64.8 Å². The number of carbonyl (C=O) groups is 2. The molecule has 0 fully saturated rings. The van der Waals surface area contributed by atoms with Crippen molar-refractivity contribution in [1.29, 1.82) is 0 Å². The second kappa shape index (κ2) is 8.91. The lowest BCUT2D eigenvalue weighted by Gasteiger charge is -2.08. The number of benzene rings is 2. The molecular formula is C22H24N2O6S. The Balaban J connectivity index is 2.00. The van der Waals surface area contributed by atoms with E-state index in [-0.39, 0.29) is 18.9 Å². The Kier molecular flexibility index (Phi) is 6.47. The number of amides is 1. The van der Waals surface area contributed by atoms with E-state index in [9.17, 15) is 18.0 Å². The molecule has 3 aromatic rings. The van der Waals surface area contributed by atoms with E-state index < -0.39 is 21.8 Å². The molecule has 0 bridgehead atoms. The molecule has 1 heterocycles. The Morgan fingerprint density at radius 3 is 2.39 bits per heavy atom. The molecular weight excluding hydrogens is 420 g/mol. The topological polar surface area (TPSA) is 115 Å². The molecule has 0 saturated heterocycles. The lowest BCUT2D eigenvalue weighted by Crippen LogP contribution is -2.30. The summed E-state index contributed by atoms with van der Waals surface area (Å²) in [5, 5.41) is 3.18. The van der Waals surface area contributed by atoms with Crippen molar-refractivity contribution < 1.29 is 27.3 Å². The third-order valence-corrected chi connectivity index (χ3v) is 5.78. The van der Waals surface area contributed by atoms with Gasteiger partial charge < -0.3 is 10.1 Å². The van der Waals surface area contributed by atoms with Crippen LogP contribution in [0.2, 0.25) is 0 Å². The standard InChI is InChI=1S/C22H24N2O6S/c1-14-4-6-16(7-5-14)22(26)24-15(2)18(13-21(25)23-10-11-31(27,28)29)19-12-17(30-3)8-9-20(19)24/h4-9,12H,10-11,13H2,1-3H3,(H,23,25)(H,27,28,29). The van der Waals surface area contributed by atoms with E-state index in [4.69, 9.17) is 9.29 Å². The van der Waals surface area contributed by atoms with Gasteiger partial charge in [-0.25, -0.2) is 0 Å². The highest BCUT2D eigenvalue weighted by Crippen LogP contribution is 2.30. The summed E-state index contributed by atoms with van der Waals surface area (Å²) in [5.41, 5.74) is 3.45. The SMILES string of the molecule is COc1ccc2c(c1)c(CC(=O)NCCS(=O)(=O)O)c(C)n2C(=O)c1ccc(C)cc1. The van der Waals surface area contributed by atoms with Crippen molar-refractivity contribution in [3.8, 4) is 5.75 Å². The van der Waals surface area contributed by atoms with Gasteiger partial charge in [0.25, 0.3) is 16.0 Å². The van der Waals surface area contributed by atoms with Crippen LogP contribution in [0.5, 0.6) is 5.75 Å². The zero-order chi connectivity index (χ0) is 22.8. The fourth-order valence-corrected chi connectivity index (χ4v) is 3.80. The first-order valence-corrected chi connectivity index (χ1v) is 11.2. The average Bonchev–Trinajstić information content (AvgIpc) is 2.98. The molecule has 0 unspecified atom stereocenters. The molecule has 0 atom stereocenters. The minimum atomic E-state index is -4.17. The van der Waals surface area contributed by atoms with E-state index >= 15 is 0 Å². The van der Waals surface area contributed by atoms with Crippen LogP contribution in [-0.4, -0.2) is 48.8 Å². The Labute approximate surface area is 180 Å². The van der Waals surface area contributed by atoms with Crippen LogP contribution in [0.25, 0.3) is 10.9 Å². The second-order valence-electron chi connectivity index (χ2n) is 7.27. The predicted molar refractivity (Wildman–Crippen MR) is 117 cm³/mol. The van der Waals surface area contributed by atoms with Gasteiger partial charge in [-0.15, -0.1) is 0 Å². The van der Waals surface area contributed by atoms with E-state index in [1.54, 1.807) is 41.8 Å². The maximum atomic E-state index is 13.3. The van der Waals surface area contributed by atoms with Crippen LogP contribution in [0.3, 0.4) is 0 Å². The molecule has 2 aromatic carbocycles. The number of hydrogen-bond acceptors (Lipinski definition) is 5. The molecule has 0 radical (unpaired) electrons. The quantitative estimate of drug-likeness (QED) is 0.541.